The van der Waals surface area contributed by atoms with Gasteiger partial charge in [-0.25, -0.2) is 4.98 Å². The lowest BCUT2D eigenvalue weighted by Crippen LogP contribution is -2.16. The first-order chi connectivity index (χ1) is 13.2. The molecule has 2 aromatic carbocycles. The Morgan fingerprint density at radius 1 is 1.04 bits per heavy atom. The van der Waals surface area contributed by atoms with Crippen LogP contribution >= 0.6 is 0 Å². The van der Waals surface area contributed by atoms with Crippen LogP contribution in [-0.4, -0.2) is 27.4 Å². The molecule has 0 fully saturated rings. The maximum atomic E-state index is 12.5. The minimum Gasteiger partial charge on any atom is -0.496 e. The average Bonchev–Trinajstić information content (AvgIpc) is 3.11. The molecule has 134 valence electrons. The Hall–Kier alpha value is -3.67. The predicted octanol–water partition coefficient (Wildman–Crippen LogP) is 3.59. The Morgan fingerprint density at radius 3 is 2.63 bits per heavy atom. The molecule has 4 aromatic rings. The topological polar surface area (TPSA) is 68.5 Å². The highest BCUT2D eigenvalue weighted by Crippen LogP contribution is 2.21. The summed E-state index contributed by atoms with van der Waals surface area (Å²) in [5, 5.41) is 2.92. The number of anilines is 1. The molecule has 1 amide bonds. The standard InChI is InChI=1S/C21H18N4O2/c1-27-18-10-6-5-9-16(18)11-21(26)24-20-13-23-19-12-22-17(14-25(19)20)15-7-3-2-4-8-15/h2-10,12-14H,11H2,1H3,(H,24,26). The van der Waals surface area contributed by atoms with Gasteiger partial charge in [-0.15, -0.1) is 0 Å². The third kappa shape index (κ3) is 3.50. The van der Waals surface area contributed by atoms with Gasteiger partial charge in [0.05, 0.1) is 31.6 Å². The van der Waals surface area contributed by atoms with Gasteiger partial charge < -0.3 is 10.1 Å². The number of carbonyl (C=O) groups excluding carboxylic acids is 1. The lowest BCUT2D eigenvalue weighted by Gasteiger charge is -2.09. The van der Waals surface area contributed by atoms with Gasteiger partial charge in [0.2, 0.25) is 5.91 Å². The predicted molar refractivity (Wildman–Crippen MR) is 104 cm³/mol. The number of hydrogen-bond donors (Lipinski definition) is 1. The van der Waals surface area contributed by atoms with Crippen LogP contribution in [0.3, 0.4) is 0 Å². The van der Waals surface area contributed by atoms with Crippen molar-refractivity contribution in [2.45, 2.75) is 6.42 Å². The van der Waals surface area contributed by atoms with Crippen molar-refractivity contribution >= 4 is 17.4 Å². The van der Waals surface area contributed by atoms with E-state index in [0.29, 0.717) is 17.2 Å². The van der Waals surface area contributed by atoms with Crippen LogP contribution in [0, 0.1) is 0 Å². The van der Waals surface area contributed by atoms with E-state index in [1.165, 1.54) is 0 Å². The van der Waals surface area contributed by atoms with Crippen molar-refractivity contribution in [1.82, 2.24) is 14.4 Å². The van der Waals surface area contributed by atoms with Gasteiger partial charge in [0.25, 0.3) is 0 Å². The number of amides is 1. The SMILES string of the molecule is COc1ccccc1CC(=O)Nc1cnc2cnc(-c3ccccc3)cn12. The first-order valence-corrected chi connectivity index (χ1v) is 8.55. The number of aromatic nitrogens is 3. The second kappa shape index (κ2) is 7.29. The van der Waals surface area contributed by atoms with Crippen molar-refractivity contribution in [2.75, 3.05) is 12.4 Å². The minimum atomic E-state index is -0.139. The van der Waals surface area contributed by atoms with Gasteiger partial charge in [0.15, 0.2) is 5.65 Å². The van der Waals surface area contributed by atoms with E-state index < -0.39 is 0 Å². The van der Waals surface area contributed by atoms with Crippen molar-refractivity contribution in [3.05, 3.63) is 78.8 Å². The van der Waals surface area contributed by atoms with Crippen LogP contribution in [0.15, 0.2) is 73.2 Å². The molecule has 0 spiro atoms. The first-order valence-electron chi connectivity index (χ1n) is 8.55. The van der Waals surface area contributed by atoms with Gasteiger partial charge in [0.1, 0.15) is 11.6 Å². The lowest BCUT2D eigenvalue weighted by molar-refractivity contribution is -0.115. The van der Waals surface area contributed by atoms with Gasteiger partial charge in [0, 0.05) is 17.3 Å². The Kier molecular flexibility index (Phi) is 4.53. The fraction of sp³-hybridized carbons (Fsp3) is 0.0952. The highest BCUT2D eigenvalue weighted by Gasteiger charge is 2.12. The van der Waals surface area contributed by atoms with Crippen LogP contribution in [0.4, 0.5) is 5.82 Å². The Bertz CT molecular complexity index is 1090. The van der Waals surface area contributed by atoms with Crippen LogP contribution in [0.2, 0.25) is 0 Å². The largest absolute Gasteiger partial charge is 0.496 e. The summed E-state index contributed by atoms with van der Waals surface area (Å²) in [7, 11) is 1.60. The fourth-order valence-electron chi connectivity index (χ4n) is 2.95. The zero-order valence-corrected chi connectivity index (χ0v) is 14.8. The van der Waals surface area contributed by atoms with Crippen LogP contribution in [0.5, 0.6) is 5.75 Å². The normalized spacial score (nSPS) is 10.7. The summed E-state index contributed by atoms with van der Waals surface area (Å²) in [6.45, 7) is 0. The van der Waals surface area contributed by atoms with Gasteiger partial charge in [-0.3, -0.25) is 14.2 Å². The first kappa shape index (κ1) is 16.8. The molecule has 0 radical (unpaired) electrons. The van der Waals surface area contributed by atoms with Crippen molar-refractivity contribution in [3.63, 3.8) is 0 Å². The second-order valence-electron chi connectivity index (χ2n) is 6.05. The number of benzene rings is 2. The van der Waals surface area contributed by atoms with Gasteiger partial charge in [-0.1, -0.05) is 48.5 Å². The highest BCUT2D eigenvalue weighted by molar-refractivity contribution is 5.92. The van der Waals surface area contributed by atoms with Gasteiger partial charge >= 0.3 is 0 Å². The van der Waals surface area contributed by atoms with Crippen LogP contribution in [-0.2, 0) is 11.2 Å². The zero-order chi connectivity index (χ0) is 18.6. The number of nitrogens with one attached hydrogen (secondary N) is 1. The van der Waals surface area contributed by atoms with Crippen molar-refractivity contribution in [2.24, 2.45) is 0 Å². The summed E-state index contributed by atoms with van der Waals surface area (Å²) in [5.74, 6) is 1.16. The quantitative estimate of drug-likeness (QED) is 0.592. The molecule has 0 atom stereocenters. The molecule has 27 heavy (non-hydrogen) atoms. The molecule has 4 rings (SSSR count). The molecule has 0 saturated carbocycles. The van der Waals surface area contributed by atoms with Crippen molar-refractivity contribution in [3.8, 4) is 17.0 Å². The number of methoxy groups -OCH3 is 1. The fourth-order valence-corrected chi connectivity index (χ4v) is 2.95. The molecule has 0 aliphatic rings. The Balaban J connectivity index is 1.59. The van der Waals surface area contributed by atoms with E-state index in [1.807, 2.05) is 65.2 Å². The molecule has 1 N–H and O–H groups in total. The Morgan fingerprint density at radius 2 is 1.81 bits per heavy atom. The molecular formula is C21H18N4O2. The summed E-state index contributed by atoms with van der Waals surface area (Å²) in [6, 6.07) is 17.4. The molecule has 2 aromatic heterocycles. The molecular weight excluding hydrogens is 340 g/mol. The number of rotatable bonds is 5. The summed E-state index contributed by atoms with van der Waals surface area (Å²) in [4.78, 5) is 21.3. The smallest absolute Gasteiger partial charge is 0.230 e. The Labute approximate surface area is 156 Å². The van der Waals surface area contributed by atoms with Crippen LogP contribution < -0.4 is 10.1 Å². The highest BCUT2D eigenvalue weighted by atomic mass is 16.5. The number of ether oxygens (including phenoxy) is 1. The van der Waals surface area contributed by atoms with E-state index in [9.17, 15) is 4.79 Å². The molecule has 2 heterocycles. The molecule has 6 heteroatoms. The van der Waals surface area contributed by atoms with Crippen molar-refractivity contribution in [1.29, 1.82) is 0 Å². The molecule has 0 unspecified atom stereocenters. The van der Waals surface area contributed by atoms with Crippen LogP contribution in [0.1, 0.15) is 5.56 Å². The maximum Gasteiger partial charge on any atom is 0.230 e. The molecule has 0 aliphatic carbocycles. The van der Waals surface area contributed by atoms with Gasteiger partial charge in [-0.05, 0) is 6.07 Å². The average molecular weight is 358 g/mol. The summed E-state index contributed by atoms with van der Waals surface area (Å²) in [5.41, 5.74) is 3.31. The van der Waals surface area contributed by atoms with E-state index in [2.05, 4.69) is 15.3 Å². The zero-order valence-electron chi connectivity index (χ0n) is 14.8. The summed E-state index contributed by atoms with van der Waals surface area (Å²) < 4.78 is 7.14. The number of fused-ring (bicyclic) bond motifs is 1. The van der Waals surface area contributed by atoms with E-state index in [-0.39, 0.29) is 12.3 Å². The van der Waals surface area contributed by atoms with Crippen LogP contribution in [0.25, 0.3) is 16.9 Å². The van der Waals surface area contributed by atoms with E-state index >= 15 is 0 Å². The van der Waals surface area contributed by atoms with E-state index in [0.717, 1.165) is 16.8 Å². The van der Waals surface area contributed by atoms with Crippen molar-refractivity contribution < 1.29 is 9.53 Å². The third-order valence-electron chi connectivity index (χ3n) is 4.28. The third-order valence-corrected chi connectivity index (χ3v) is 4.28. The number of para-hydroxylation sites is 1. The van der Waals surface area contributed by atoms with E-state index in [1.54, 1.807) is 19.5 Å². The lowest BCUT2D eigenvalue weighted by atomic mass is 10.1. The maximum absolute atomic E-state index is 12.5. The second-order valence-corrected chi connectivity index (χ2v) is 6.05. The summed E-state index contributed by atoms with van der Waals surface area (Å²) in [6.07, 6.45) is 5.41. The number of hydrogen-bond acceptors (Lipinski definition) is 4. The van der Waals surface area contributed by atoms with Gasteiger partial charge in [-0.2, -0.15) is 0 Å². The van der Waals surface area contributed by atoms with E-state index in [4.69, 9.17) is 4.74 Å². The molecule has 6 nitrogen and oxygen atoms in total. The molecule has 0 saturated heterocycles. The number of imidazole rings is 1. The summed E-state index contributed by atoms with van der Waals surface area (Å²) >= 11 is 0. The molecule has 0 aliphatic heterocycles. The molecule has 0 bridgehead atoms. The minimum absolute atomic E-state index is 0.139. The number of carbonyl (C=O) groups is 1. The monoisotopic (exact) mass is 358 g/mol. The number of nitrogens with zero attached hydrogens (tertiary/aromatic N) is 3.